The van der Waals surface area contributed by atoms with Crippen LogP contribution in [-0.4, -0.2) is 43.2 Å². The summed E-state index contributed by atoms with van der Waals surface area (Å²) in [5, 5.41) is 1.36. The zero-order chi connectivity index (χ0) is 12.5. The maximum atomic E-state index is 5.10. The van der Waals surface area contributed by atoms with Crippen LogP contribution in [0.3, 0.4) is 0 Å². The minimum atomic E-state index is 0.664. The standard InChI is InChI=1S/C14H17BrN2O/c1-18-5-4-17-8-10(9-17)13-7-16-14-6-11(15)2-3-12(13)14/h2-3,6-7,10,16H,4-5,8-9H2,1H3. The van der Waals surface area contributed by atoms with Crippen molar-refractivity contribution in [3.63, 3.8) is 0 Å². The van der Waals surface area contributed by atoms with Crippen molar-refractivity contribution in [1.82, 2.24) is 9.88 Å². The lowest BCUT2D eigenvalue weighted by atomic mass is 9.91. The molecule has 3 rings (SSSR count). The first-order chi connectivity index (χ1) is 8.78. The lowest BCUT2D eigenvalue weighted by Gasteiger charge is -2.39. The molecule has 0 spiro atoms. The number of hydrogen-bond acceptors (Lipinski definition) is 2. The molecule has 0 aliphatic carbocycles. The summed E-state index contributed by atoms with van der Waals surface area (Å²) in [4.78, 5) is 5.80. The summed E-state index contributed by atoms with van der Waals surface area (Å²) >= 11 is 3.51. The summed E-state index contributed by atoms with van der Waals surface area (Å²) in [7, 11) is 1.76. The smallest absolute Gasteiger partial charge is 0.0589 e. The molecule has 0 saturated carbocycles. The number of fused-ring (bicyclic) bond motifs is 1. The van der Waals surface area contributed by atoms with Crippen molar-refractivity contribution in [2.75, 3.05) is 33.4 Å². The van der Waals surface area contributed by atoms with Gasteiger partial charge < -0.3 is 9.72 Å². The Bertz CT molecular complexity index is 546. The molecule has 0 radical (unpaired) electrons. The molecule has 1 fully saturated rings. The van der Waals surface area contributed by atoms with E-state index in [0.717, 1.165) is 30.7 Å². The average molecular weight is 309 g/mol. The van der Waals surface area contributed by atoms with Crippen molar-refractivity contribution in [2.24, 2.45) is 0 Å². The molecule has 0 amide bonds. The van der Waals surface area contributed by atoms with E-state index in [1.54, 1.807) is 7.11 Å². The largest absolute Gasteiger partial charge is 0.383 e. The van der Waals surface area contributed by atoms with Crippen molar-refractivity contribution in [3.8, 4) is 0 Å². The van der Waals surface area contributed by atoms with Crippen LogP contribution in [0, 0.1) is 0 Å². The van der Waals surface area contributed by atoms with Gasteiger partial charge in [-0.05, 0) is 17.7 Å². The van der Waals surface area contributed by atoms with Crippen LogP contribution in [0.5, 0.6) is 0 Å². The summed E-state index contributed by atoms with van der Waals surface area (Å²) < 4.78 is 6.23. The Morgan fingerprint density at radius 1 is 1.44 bits per heavy atom. The van der Waals surface area contributed by atoms with Gasteiger partial charge in [0, 0.05) is 54.2 Å². The van der Waals surface area contributed by atoms with E-state index in [9.17, 15) is 0 Å². The third-order valence-corrected chi connectivity index (χ3v) is 4.18. The zero-order valence-electron chi connectivity index (χ0n) is 10.4. The third-order valence-electron chi connectivity index (χ3n) is 3.68. The van der Waals surface area contributed by atoms with Gasteiger partial charge in [0.15, 0.2) is 0 Å². The summed E-state index contributed by atoms with van der Waals surface area (Å²) in [5.74, 6) is 0.664. The SMILES string of the molecule is COCCN1CC(c2c[nH]c3cc(Br)ccc23)C1. The van der Waals surface area contributed by atoms with Crippen LogP contribution < -0.4 is 0 Å². The third kappa shape index (κ3) is 2.20. The normalized spacial score (nSPS) is 17.2. The maximum absolute atomic E-state index is 5.10. The van der Waals surface area contributed by atoms with E-state index in [0.29, 0.717) is 5.92 Å². The number of methoxy groups -OCH3 is 1. The van der Waals surface area contributed by atoms with E-state index >= 15 is 0 Å². The van der Waals surface area contributed by atoms with Gasteiger partial charge in [-0.1, -0.05) is 22.0 Å². The fourth-order valence-electron chi connectivity index (χ4n) is 2.63. The molecule has 18 heavy (non-hydrogen) atoms. The number of hydrogen-bond donors (Lipinski definition) is 1. The molecular weight excluding hydrogens is 292 g/mol. The van der Waals surface area contributed by atoms with Gasteiger partial charge in [0.2, 0.25) is 0 Å². The molecule has 0 unspecified atom stereocenters. The second-order valence-electron chi connectivity index (χ2n) is 4.88. The molecule has 1 saturated heterocycles. The molecule has 2 heterocycles. The fourth-order valence-corrected chi connectivity index (χ4v) is 2.99. The van der Waals surface area contributed by atoms with E-state index in [-0.39, 0.29) is 0 Å². The second-order valence-corrected chi connectivity index (χ2v) is 5.80. The Hall–Kier alpha value is -0.840. The fraction of sp³-hybridized carbons (Fsp3) is 0.429. The van der Waals surface area contributed by atoms with Crippen LogP contribution in [0.4, 0.5) is 0 Å². The predicted octanol–water partition coefficient (Wildman–Crippen LogP) is 2.98. The first-order valence-corrected chi connectivity index (χ1v) is 7.05. The van der Waals surface area contributed by atoms with E-state index in [4.69, 9.17) is 4.74 Å². The minimum absolute atomic E-state index is 0.664. The van der Waals surface area contributed by atoms with Crippen molar-refractivity contribution in [1.29, 1.82) is 0 Å². The highest BCUT2D eigenvalue weighted by molar-refractivity contribution is 9.10. The minimum Gasteiger partial charge on any atom is -0.383 e. The Labute approximate surface area is 115 Å². The highest BCUT2D eigenvalue weighted by atomic mass is 79.9. The number of benzene rings is 1. The lowest BCUT2D eigenvalue weighted by Crippen LogP contribution is -2.46. The summed E-state index contributed by atoms with van der Waals surface area (Å²) in [6.07, 6.45) is 2.16. The molecule has 1 N–H and O–H groups in total. The van der Waals surface area contributed by atoms with Crippen LogP contribution in [0.25, 0.3) is 10.9 Å². The molecule has 4 heteroatoms. The molecule has 1 aliphatic rings. The molecule has 1 aliphatic heterocycles. The quantitative estimate of drug-likeness (QED) is 0.940. The molecule has 96 valence electrons. The molecule has 3 nitrogen and oxygen atoms in total. The van der Waals surface area contributed by atoms with Crippen LogP contribution in [0.2, 0.25) is 0 Å². The topological polar surface area (TPSA) is 28.3 Å². The average Bonchev–Trinajstić information content (AvgIpc) is 2.70. The number of nitrogens with zero attached hydrogens (tertiary/aromatic N) is 1. The highest BCUT2D eigenvalue weighted by Gasteiger charge is 2.29. The summed E-state index contributed by atoms with van der Waals surface area (Å²) in [6.45, 7) is 4.16. The lowest BCUT2D eigenvalue weighted by molar-refractivity contribution is 0.0947. The molecular formula is C14H17BrN2O. The van der Waals surface area contributed by atoms with Gasteiger partial charge in [-0.2, -0.15) is 0 Å². The van der Waals surface area contributed by atoms with Crippen LogP contribution in [0.15, 0.2) is 28.9 Å². The summed E-state index contributed by atoms with van der Waals surface area (Å²) in [6, 6.07) is 6.45. The number of nitrogens with one attached hydrogen (secondary N) is 1. The molecule has 1 aromatic heterocycles. The van der Waals surface area contributed by atoms with Crippen LogP contribution >= 0.6 is 15.9 Å². The van der Waals surface area contributed by atoms with Gasteiger partial charge in [-0.3, -0.25) is 4.90 Å². The molecule has 0 atom stereocenters. The number of H-pyrrole nitrogens is 1. The Morgan fingerprint density at radius 2 is 2.28 bits per heavy atom. The van der Waals surface area contributed by atoms with E-state index in [1.807, 2.05) is 0 Å². The Balaban J connectivity index is 1.73. The predicted molar refractivity (Wildman–Crippen MR) is 77.1 cm³/mol. The first-order valence-electron chi connectivity index (χ1n) is 6.26. The molecule has 1 aromatic carbocycles. The number of aromatic amines is 1. The Kier molecular flexibility index (Phi) is 3.41. The zero-order valence-corrected chi connectivity index (χ0v) is 12.0. The van der Waals surface area contributed by atoms with Crippen LogP contribution in [-0.2, 0) is 4.74 Å². The van der Waals surface area contributed by atoms with Gasteiger partial charge in [-0.15, -0.1) is 0 Å². The van der Waals surface area contributed by atoms with Gasteiger partial charge in [0.1, 0.15) is 0 Å². The van der Waals surface area contributed by atoms with Crippen molar-refractivity contribution >= 4 is 26.8 Å². The molecule has 2 aromatic rings. The van der Waals surface area contributed by atoms with E-state index in [1.165, 1.54) is 16.5 Å². The van der Waals surface area contributed by atoms with Crippen molar-refractivity contribution < 1.29 is 4.74 Å². The monoisotopic (exact) mass is 308 g/mol. The number of ether oxygens (including phenoxy) is 1. The highest BCUT2D eigenvalue weighted by Crippen LogP contribution is 2.33. The van der Waals surface area contributed by atoms with Crippen molar-refractivity contribution in [3.05, 3.63) is 34.4 Å². The maximum Gasteiger partial charge on any atom is 0.0589 e. The van der Waals surface area contributed by atoms with Crippen LogP contribution in [0.1, 0.15) is 11.5 Å². The second kappa shape index (κ2) is 5.03. The number of likely N-dealkylation sites (tertiary alicyclic amines) is 1. The first kappa shape index (κ1) is 12.2. The summed E-state index contributed by atoms with van der Waals surface area (Å²) in [5.41, 5.74) is 2.67. The van der Waals surface area contributed by atoms with Gasteiger partial charge in [0.05, 0.1) is 6.61 Å². The van der Waals surface area contributed by atoms with E-state index in [2.05, 4.69) is 50.2 Å². The van der Waals surface area contributed by atoms with Gasteiger partial charge >= 0.3 is 0 Å². The number of aromatic nitrogens is 1. The van der Waals surface area contributed by atoms with Crippen molar-refractivity contribution in [2.45, 2.75) is 5.92 Å². The number of rotatable bonds is 4. The van der Waals surface area contributed by atoms with E-state index < -0.39 is 0 Å². The van der Waals surface area contributed by atoms with Gasteiger partial charge in [-0.25, -0.2) is 0 Å². The Morgan fingerprint density at radius 3 is 3.06 bits per heavy atom. The molecule has 0 bridgehead atoms. The number of halogens is 1. The van der Waals surface area contributed by atoms with Gasteiger partial charge in [0.25, 0.3) is 0 Å².